The maximum Gasteiger partial charge on any atom is 0.0648 e. The van der Waals surface area contributed by atoms with Crippen molar-refractivity contribution >= 4 is 22.5 Å². The number of nitrogens with two attached hydrogens (primary N) is 1. The molecule has 0 spiro atoms. The Morgan fingerprint density at radius 1 is 1.43 bits per heavy atom. The summed E-state index contributed by atoms with van der Waals surface area (Å²) < 4.78 is 0. The fourth-order valence-electron chi connectivity index (χ4n) is 2.29. The van der Waals surface area contributed by atoms with Crippen LogP contribution < -0.4 is 5.73 Å². The molecule has 1 aromatic heterocycles. The van der Waals surface area contributed by atoms with Crippen molar-refractivity contribution in [1.82, 2.24) is 4.98 Å². The lowest BCUT2D eigenvalue weighted by Gasteiger charge is -1.99. The van der Waals surface area contributed by atoms with E-state index >= 15 is 0 Å². The fourth-order valence-corrected chi connectivity index (χ4v) is 2.51. The van der Waals surface area contributed by atoms with Gasteiger partial charge in [0.1, 0.15) is 0 Å². The molecule has 1 unspecified atom stereocenters. The van der Waals surface area contributed by atoms with Crippen LogP contribution in [-0.4, -0.2) is 4.98 Å². The summed E-state index contributed by atoms with van der Waals surface area (Å²) in [7, 11) is 0. The summed E-state index contributed by atoms with van der Waals surface area (Å²) in [6.45, 7) is 0. The number of hydrogen-bond donors (Lipinski definition) is 2. The second-order valence-corrected chi connectivity index (χ2v) is 4.23. The van der Waals surface area contributed by atoms with Gasteiger partial charge in [0, 0.05) is 17.1 Å². The third kappa shape index (κ3) is 0.954. The highest BCUT2D eigenvalue weighted by Crippen LogP contribution is 2.36. The molecule has 1 atom stereocenters. The number of benzene rings is 1. The third-order valence-corrected chi connectivity index (χ3v) is 3.31. The minimum atomic E-state index is 0.161. The molecule has 2 aromatic rings. The number of nitrogens with one attached hydrogen (secondary N) is 1. The van der Waals surface area contributed by atoms with Crippen molar-refractivity contribution in [2.75, 3.05) is 0 Å². The molecule has 72 valence electrons. The number of fused-ring (bicyclic) bond motifs is 3. The summed E-state index contributed by atoms with van der Waals surface area (Å²) in [5.41, 5.74) is 9.55. The average Bonchev–Trinajstić information content (AvgIpc) is 2.69. The van der Waals surface area contributed by atoms with Crippen molar-refractivity contribution in [3.8, 4) is 0 Å². The number of aromatic nitrogens is 1. The van der Waals surface area contributed by atoms with Gasteiger partial charge < -0.3 is 10.7 Å². The van der Waals surface area contributed by atoms with Gasteiger partial charge in [-0.25, -0.2) is 0 Å². The molecule has 0 amide bonds. The van der Waals surface area contributed by atoms with Crippen LogP contribution in [0.2, 0.25) is 5.02 Å². The topological polar surface area (TPSA) is 41.8 Å². The van der Waals surface area contributed by atoms with Crippen molar-refractivity contribution in [2.45, 2.75) is 18.9 Å². The molecule has 0 saturated heterocycles. The minimum Gasteiger partial charge on any atom is -0.356 e. The monoisotopic (exact) mass is 206 g/mol. The molecule has 0 aliphatic heterocycles. The standard InChI is InChI=1S/C11H11ClN2/c12-8-3-1-2-6-7-4-5-9(13)11(7)14-10(6)8/h1-3,9,14H,4-5,13H2. The van der Waals surface area contributed by atoms with Crippen LogP contribution in [0.25, 0.3) is 10.9 Å². The number of para-hydroxylation sites is 1. The highest BCUT2D eigenvalue weighted by atomic mass is 35.5. The van der Waals surface area contributed by atoms with Gasteiger partial charge in [-0.15, -0.1) is 0 Å². The summed E-state index contributed by atoms with van der Waals surface area (Å²) in [5.74, 6) is 0. The van der Waals surface area contributed by atoms with Crippen LogP contribution in [0, 0.1) is 0 Å². The molecular formula is C11H11ClN2. The average molecular weight is 207 g/mol. The Labute approximate surface area is 87.1 Å². The zero-order chi connectivity index (χ0) is 9.71. The Morgan fingerprint density at radius 2 is 2.29 bits per heavy atom. The first-order valence-electron chi connectivity index (χ1n) is 4.82. The molecule has 2 nitrogen and oxygen atoms in total. The molecule has 1 aliphatic rings. The van der Waals surface area contributed by atoms with Gasteiger partial charge in [0.25, 0.3) is 0 Å². The van der Waals surface area contributed by atoms with E-state index in [1.807, 2.05) is 12.1 Å². The van der Waals surface area contributed by atoms with E-state index in [-0.39, 0.29) is 6.04 Å². The first-order chi connectivity index (χ1) is 6.77. The zero-order valence-corrected chi connectivity index (χ0v) is 8.43. The second kappa shape index (κ2) is 2.75. The second-order valence-electron chi connectivity index (χ2n) is 3.82. The lowest BCUT2D eigenvalue weighted by molar-refractivity contribution is 0.699. The Kier molecular flexibility index (Phi) is 1.64. The number of hydrogen-bond acceptors (Lipinski definition) is 1. The molecule has 0 fully saturated rings. The van der Waals surface area contributed by atoms with Gasteiger partial charge in [-0.05, 0) is 24.5 Å². The Balaban J connectivity index is 2.40. The highest BCUT2D eigenvalue weighted by molar-refractivity contribution is 6.35. The summed E-state index contributed by atoms with van der Waals surface area (Å²) in [5, 5.41) is 2.02. The maximum atomic E-state index is 6.10. The van der Waals surface area contributed by atoms with Crippen LogP contribution in [-0.2, 0) is 6.42 Å². The number of H-pyrrole nitrogens is 1. The molecule has 14 heavy (non-hydrogen) atoms. The Bertz CT molecular complexity index is 501. The van der Waals surface area contributed by atoms with Crippen LogP contribution in [0.15, 0.2) is 18.2 Å². The van der Waals surface area contributed by atoms with Gasteiger partial charge in [-0.3, -0.25) is 0 Å². The first-order valence-corrected chi connectivity index (χ1v) is 5.19. The van der Waals surface area contributed by atoms with Gasteiger partial charge in [-0.1, -0.05) is 23.7 Å². The van der Waals surface area contributed by atoms with Crippen LogP contribution in [0.1, 0.15) is 23.7 Å². The molecule has 1 aromatic carbocycles. The smallest absolute Gasteiger partial charge is 0.0648 e. The van der Waals surface area contributed by atoms with E-state index in [4.69, 9.17) is 17.3 Å². The van der Waals surface area contributed by atoms with Gasteiger partial charge in [0.2, 0.25) is 0 Å². The SMILES string of the molecule is NC1CCc2c1[nH]c1c(Cl)cccc21. The van der Waals surface area contributed by atoms with Gasteiger partial charge >= 0.3 is 0 Å². The van der Waals surface area contributed by atoms with Crippen LogP contribution in [0.4, 0.5) is 0 Å². The summed E-state index contributed by atoms with van der Waals surface area (Å²) >= 11 is 6.10. The third-order valence-electron chi connectivity index (χ3n) is 3.00. The molecule has 3 heteroatoms. The van der Waals surface area contributed by atoms with E-state index < -0.39 is 0 Å². The van der Waals surface area contributed by atoms with Crippen molar-refractivity contribution in [3.05, 3.63) is 34.5 Å². The maximum absolute atomic E-state index is 6.10. The normalized spacial score (nSPS) is 20.3. The van der Waals surface area contributed by atoms with Crippen molar-refractivity contribution < 1.29 is 0 Å². The van der Waals surface area contributed by atoms with E-state index in [1.54, 1.807) is 0 Å². The largest absolute Gasteiger partial charge is 0.356 e. The van der Waals surface area contributed by atoms with Gasteiger partial charge in [-0.2, -0.15) is 0 Å². The molecule has 3 N–H and O–H groups in total. The quantitative estimate of drug-likeness (QED) is 0.684. The first kappa shape index (κ1) is 8.33. The predicted molar refractivity (Wildman–Crippen MR) is 58.6 cm³/mol. The van der Waals surface area contributed by atoms with Crippen molar-refractivity contribution in [3.63, 3.8) is 0 Å². The molecule has 1 aliphatic carbocycles. The van der Waals surface area contributed by atoms with E-state index in [1.165, 1.54) is 16.6 Å². The molecule has 0 bridgehead atoms. The summed E-state index contributed by atoms with van der Waals surface area (Å²) in [6.07, 6.45) is 2.11. The van der Waals surface area contributed by atoms with E-state index in [9.17, 15) is 0 Å². The number of aromatic amines is 1. The van der Waals surface area contributed by atoms with Crippen molar-refractivity contribution in [1.29, 1.82) is 0 Å². The molecule has 3 rings (SSSR count). The summed E-state index contributed by atoms with van der Waals surface area (Å²) in [6, 6.07) is 6.16. The van der Waals surface area contributed by atoms with Crippen molar-refractivity contribution in [2.24, 2.45) is 5.73 Å². The van der Waals surface area contributed by atoms with E-state index in [2.05, 4.69) is 11.1 Å². The number of rotatable bonds is 0. The Morgan fingerprint density at radius 3 is 3.14 bits per heavy atom. The van der Waals surface area contributed by atoms with Gasteiger partial charge in [0.15, 0.2) is 0 Å². The fraction of sp³-hybridized carbons (Fsp3) is 0.273. The highest BCUT2D eigenvalue weighted by Gasteiger charge is 2.23. The Hall–Kier alpha value is -0.990. The number of aryl methyl sites for hydroxylation is 1. The minimum absolute atomic E-state index is 0.161. The molecular weight excluding hydrogens is 196 g/mol. The van der Waals surface area contributed by atoms with Crippen LogP contribution in [0.3, 0.4) is 0 Å². The number of halogens is 1. The molecule has 0 saturated carbocycles. The van der Waals surface area contributed by atoms with Gasteiger partial charge in [0.05, 0.1) is 10.5 Å². The molecule has 0 radical (unpaired) electrons. The lowest BCUT2D eigenvalue weighted by Crippen LogP contribution is -2.05. The molecule has 1 heterocycles. The van der Waals surface area contributed by atoms with Crippen LogP contribution >= 0.6 is 11.6 Å². The van der Waals surface area contributed by atoms with E-state index in [0.717, 1.165) is 23.4 Å². The predicted octanol–water partition coefficient (Wildman–Crippen LogP) is 2.77. The summed E-state index contributed by atoms with van der Waals surface area (Å²) in [4.78, 5) is 3.34. The van der Waals surface area contributed by atoms with Crippen LogP contribution in [0.5, 0.6) is 0 Å². The zero-order valence-electron chi connectivity index (χ0n) is 7.68. The lowest BCUT2D eigenvalue weighted by atomic mass is 10.1. The van der Waals surface area contributed by atoms with E-state index in [0.29, 0.717) is 0 Å².